The molecule has 2 aromatic heterocycles. The van der Waals surface area contributed by atoms with Crippen LogP contribution in [-0.4, -0.2) is 35.7 Å². The second-order valence-electron chi connectivity index (χ2n) is 4.94. The molecular formula is C14H14ClN5O. The first-order chi connectivity index (χ1) is 10.1. The molecule has 0 bridgehead atoms. The maximum atomic E-state index is 12.4. The van der Waals surface area contributed by atoms with Crippen LogP contribution in [0.15, 0.2) is 16.9 Å². The lowest BCUT2D eigenvalue weighted by atomic mass is 10.1. The number of nitriles is 1. The lowest BCUT2D eigenvalue weighted by molar-refractivity contribution is 0.589. The van der Waals surface area contributed by atoms with Crippen LogP contribution in [0.25, 0.3) is 11.0 Å². The van der Waals surface area contributed by atoms with E-state index < -0.39 is 0 Å². The van der Waals surface area contributed by atoms with Gasteiger partial charge in [0.2, 0.25) is 0 Å². The first kappa shape index (κ1) is 13.9. The smallest absolute Gasteiger partial charge is 0.270 e. The van der Waals surface area contributed by atoms with Crippen molar-refractivity contribution in [2.45, 2.75) is 0 Å². The predicted octanol–water partition coefficient (Wildman–Crippen LogP) is 0.868. The van der Waals surface area contributed by atoms with E-state index in [1.54, 1.807) is 19.2 Å². The highest BCUT2D eigenvalue weighted by atomic mass is 35.5. The van der Waals surface area contributed by atoms with E-state index in [0.29, 0.717) is 21.9 Å². The number of fused-ring (bicyclic) bond motifs is 1. The maximum absolute atomic E-state index is 12.4. The van der Waals surface area contributed by atoms with Gasteiger partial charge in [-0.3, -0.25) is 4.79 Å². The Labute approximate surface area is 126 Å². The molecule has 1 fully saturated rings. The predicted molar refractivity (Wildman–Crippen MR) is 81.8 cm³/mol. The molecule has 0 spiro atoms. The topological polar surface area (TPSA) is 74.0 Å². The minimum absolute atomic E-state index is 0.127. The summed E-state index contributed by atoms with van der Waals surface area (Å²) in [5, 5.41) is 13.0. The van der Waals surface area contributed by atoms with Crippen molar-refractivity contribution in [3.05, 3.63) is 33.2 Å². The minimum Gasteiger partial charge on any atom is -0.366 e. The van der Waals surface area contributed by atoms with Crippen molar-refractivity contribution in [3.8, 4) is 6.07 Å². The zero-order valence-electron chi connectivity index (χ0n) is 11.6. The van der Waals surface area contributed by atoms with E-state index in [1.807, 2.05) is 11.0 Å². The van der Waals surface area contributed by atoms with Gasteiger partial charge in [0, 0.05) is 33.2 Å². The van der Waals surface area contributed by atoms with E-state index in [-0.39, 0.29) is 11.1 Å². The van der Waals surface area contributed by atoms with E-state index >= 15 is 0 Å². The molecule has 0 aromatic carbocycles. The highest BCUT2D eigenvalue weighted by Gasteiger charge is 2.22. The molecule has 1 aliphatic heterocycles. The summed E-state index contributed by atoms with van der Waals surface area (Å²) >= 11 is 6.00. The lowest BCUT2D eigenvalue weighted by Crippen LogP contribution is -2.44. The average molecular weight is 304 g/mol. The van der Waals surface area contributed by atoms with Crippen molar-refractivity contribution in [1.82, 2.24) is 14.9 Å². The number of nitrogens with one attached hydrogen (secondary N) is 1. The molecular weight excluding hydrogens is 290 g/mol. The molecule has 0 amide bonds. The molecule has 0 unspecified atom stereocenters. The van der Waals surface area contributed by atoms with E-state index in [2.05, 4.69) is 10.3 Å². The molecule has 0 saturated carbocycles. The number of nitrogens with zero attached hydrogens (tertiary/aromatic N) is 4. The second kappa shape index (κ2) is 5.35. The molecule has 3 rings (SSSR count). The Morgan fingerprint density at radius 1 is 1.38 bits per heavy atom. The molecule has 7 heteroatoms. The van der Waals surface area contributed by atoms with Gasteiger partial charge in [0.1, 0.15) is 22.3 Å². The van der Waals surface area contributed by atoms with Gasteiger partial charge in [-0.25, -0.2) is 4.98 Å². The Bertz CT molecular complexity index is 802. The van der Waals surface area contributed by atoms with Crippen LogP contribution in [0.1, 0.15) is 5.56 Å². The second-order valence-corrected chi connectivity index (χ2v) is 5.33. The van der Waals surface area contributed by atoms with Gasteiger partial charge in [-0.15, -0.1) is 0 Å². The Morgan fingerprint density at radius 3 is 2.76 bits per heavy atom. The number of pyridine rings is 2. The highest BCUT2D eigenvalue weighted by Crippen LogP contribution is 2.28. The van der Waals surface area contributed by atoms with Crippen molar-refractivity contribution >= 4 is 28.3 Å². The van der Waals surface area contributed by atoms with Gasteiger partial charge in [0.25, 0.3) is 5.56 Å². The third-order valence-electron chi connectivity index (χ3n) is 3.73. The average Bonchev–Trinajstić information content (AvgIpc) is 2.51. The van der Waals surface area contributed by atoms with Crippen LogP contribution in [0.3, 0.4) is 0 Å². The van der Waals surface area contributed by atoms with Crippen LogP contribution in [0, 0.1) is 11.3 Å². The van der Waals surface area contributed by atoms with Gasteiger partial charge in [-0.2, -0.15) is 5.26 Å². The van der Waals surface area contributed by atoms with E-state index in [9.17, 15) is 10.1 Å². The zero-order chi connectivity index (χ0) is 15.0. The van der Waals surface area contributed by atoms with Crippen molar-refractivity contribution < 1.29 is 0 Å². The summed E-state index contributed by atoms with van der Waals surface area (Å²) in [6.45, 7) is 3.07. The minimum atomic E-state index is -0.303. The first-order valence-corrected chi connectivity index (χ1v) is 7.06. The molecule has 108 valence electrons. The number of aryl methyl sites for hydroxylation is 1. The third kappa shape index (κ3) is 2.24. The summed E-state index contributed by atoms with van der Waals surface area (Å²) in [6, 6.07) is 5.45. The number of piperazine rings is 1. The largest absolute Gasteiger partial charge is 0.366 e. The fraction of sp³-hybridized carbons (Fsp3) is 0.357. The van der Waals surface area contributed by atoms with Crippen molar-refractivity contribution in [3.63, 3.8) is 0 Å². The van der Waals surface area contributed by atoms with Gasteiger partial charge >= 0.3 is 0 Å². The van der Waals surface area contributed by atoms with Crippen molar-refractivity contribution in [2.24, 2.45) is 7.05 Å². The van der Waals surface area contributed by atoms with Crippen molar-refractivity contribution in [1.29, 1.82) is 5.26 Å². The Morgan fingerprint density at radius 2 is 2.10 bits per heavy atom. The zero-order valence-corrected chi connectivity index (χ0v) is 12.3. The number of halogens is 1. The first-order valence-electron chi connectivity index (χ1n) is 6.68. The van der Waals surface area contributed by atoms with Gasteiger partial charge in [0.15, 0.2) is 0 Å². The van der Waals surface area contributed by atoms with Crippen LogP contribution in [0.4, 0.5) is 5.69 Å². The quantitative estimate of drug-likeness (QED) is 0.791. The summed E-state index contributed by atoms with van der Waals surface area (Å²) in [4.78, 5) is 18.8. The number of anilines is 1. The molecule has 1 aliphatic rings. The number of rotatable bonds is 1. The van der Waals surface area contributed by atoms with Crippen LogP contribution in [0.2, 0.25) is 5.15 Å². The monoisotopic (exact) mass is 303 g/mol. The molecule has 2 aromatic rings. The molecule has 1 N–H and O–H groups in total. The summed E-state index contributed by atoms with van der Waals surface area (Å²) in [5.41, 5.74) is 1.70. The standard InChI is InChI=1S/C14H14ClN5O/c1-19-10-2-3-11(15)18-12(10)13(9(8-16)14(19)21)20-6-4-17-5-7-20/h2-3,17H,4-7H2,1H3. The molecule has 6 nitrogen and oxygen atoms in total. The summed E-state index contributed by atoms with van der Waals surface area (Å²) < 4.78 is 1.45. The van der Waals surface area contributed by atoms with E-state index in [1.165, 1.54) is 4.57 Å². The van der Waals surface area contributed by atoms with Crippen LogP contribution >= 0.6 is 11.6 Å². The molecule has 0 radical (unpaired) electrons. The van der Waals surface area contributed by atoms with Gasteiger partial charge in [-0.05, 0) is 12.1 Å². The van der Waals surface area contributed by atoms with Crippen LogP contribution in [0.5, 0.6) is 0 Å². The van der Waals surface area contributed by atoms with Gasteiger partial charge in [-0.1, -0.05) is 11.6 Å². The normalized spacial score (nSPS) is 15.2. The highest BCUT2D eigenvalue weighted by molar-refractivity contribution is 6.29. The molecule has 21 heavy (non-hydrogen) atoms. The fourth-order valence-corrected chi connectivity index (χ4v) is 2.81. The molecule has 1 saturated heterocycles. The lowest BCUT2D eigenvalue weighted by Gasteiger charge is -2.30. The fourth-order valence-electron chi connectivity index (χ4n) is 2.67. The third-order valence-corrected chi connectivity index (χ3v) is 3.94. The Balaban J connectivity index is 2.39. The van der Waals surface area contributed by atoms with Crippen LogP contribution in [-0.2, 0) is 7.05 Å². The molecule has 0 atom stereocenters. The maximum Gasteiger partial charge on any atom is 0.270 e. The van der Waals surface area contributed by atoms with Gasteiger partial charge < -0.3 is 14.8 Å². The Kier molecular flexibility index (Phi) is 3.53. The van der Waals surface area contributed by atoms with Crippen molar-refractivity contribution in [2.75, 3.05) is 31.1 Å². The summed E-state index contributed by atoms with van der Waals surface area (Å²) in [5.74, 6) is 0. The van der Waals surface area contributed by atoms with E-state index in [0.717, 1.165) is 26.2 Å². The van der Waals surface area contributed by atoms with Crippen LogP contribution < -0.4 is 15.8 Å². The molecule has 3 heterocycles. The summed E-state index contributed by atoms with van der Waals surface area (Å²) in [7, 11) is 1.64. The SMILES string of the molecule is Cn1c(=O)c(C#N)c(N2CCNCC2)c2nc(Cl)ccc21. The number of hydrogen-bond acceptors (Lipinski definition) is 5. The number of aromatic nitrogens is 2. The Hall–Kier alpha value is -2.10. The summed E-state index contributed by atoms with van der Waals surface area (Å²) in [6.07, 6.45) is 0. The van der Waals surface area contributed by atoms with E-state index in [4.69, 9.17) is 11.6 Å². The number of hydrogen-bond donors (Lipinski definition) is 1. The van der Waals surface area contributed by atoms with Gasteiger partial charge in [0.05, 0.1) is 11.2 Å². The molecule has 0 aliphatic carbocycles.